The van der Waals surface area contributed by atoms with Gasteiger partial charge in [0, 0.05) is 17.9 Å². The molecule has 0 bridgehead atoms. The molecule has 29 heavy (non-hydrogen) atoms. The number of nitrogens with zero attached hydrogens (tertiary/aromatic N) is 2. The highest BCUT2D eigenvalue weighted by atomic mass is 19.2. The summed E-state index contributed by atoms with van der Waals surface area (Å²) in [4.78, 5) is 24.4. The van der Waals surface area contributed by atoms with Crippen LogP contribution in [0.15, 0.2) is 17.2 Å². The molecule has 1 aromatic carbocycles. The molecular formula is C21H30F2N2O4. The zero-order chi connectivity index (χ0) is 22.4. The fourth-order valence-electron chi connectivity index (χ4n) is 2.53. The van der Waals surface area contributed by atoms with Crippen molar-refractivity contribution in [3.8, 4) is 5.75 Å². The van der Waals surface area contributed by atoms with E-state index in [1.54, 1.807) is 27.7 Å². The summed E-state index contributed by atoms with van der Waals surface area (Å²) in [7, 11) is 0. The molecule has 2 rings (SSSR count). The van der Waals surface area contributed by atoms with Crippen LogP contribution in [0.3, 0.4) is 0 Å². The van der Waals surface area contributed by atoms with Gasteiger partial charge in [0.15, 0.2) is 11.6 Å². The van der Waals surface area contributed by atoms with Crippen molar-refractivity contribution in [1.29, 1.82) is 0 Å². The van der Waals surface area contributed by atoms with Crippen molar-refractivity contribution < 1.29 is 27.8 Å². The van der Waals surface area contributed by atoms with Crippen LogP contribution in [0.25, 0.3) is 0 Å². The van der Waals surface area contributed by atoms with Gasteiger partial charge in [-0.15, -0.1) is 5.01 Å². The monoisotopic (exact) mass is 412 g/mol. The van der Waals surface area contributed by atoms with Crippen molar-refractivity contribution in [3.63, 3.8) is 0 Å². The van der Waals surface area contributed by atoms with Crippen LogP contribution in [0.1, 0.15) is 66.9 Å². The maximum absolute atomic E-state index is 14.6. The molecular weight excluding hydrogens is 382 g/mol. The largest absolute Gasteiger partial charge is 0.490 e. The van der Waals surface area contributed by atoms with Gasteiger partial charge in [0.2, 0.25) is 5.82 Å². The van der Waals surface area contributed by atoms with Gasteiger partial charge in [0.25, 0.3) is 5.91 Å². The second-order valence-corrected chi connectivity index (χ2v) is 7.36. The summed E-state index contributed by atoms with van der Waals surface area (Å²) in [5.74, 6) is -3.51. The van der Waals surface area contributed by atoms with Crippen LogP contribution in [-0.2, 0) is 9.53 Å². The standard InChI is InChI=1S/C19H24F2N2O4.C2H6/c1-6-9-26-13-8-7-12(15(20)16(13)21)17-11(2)10-14(24)23(22-17)18(25)27-19(3,4)5;1-2/h7-8,11H,6,9-10H2,1-5H3;1-2H3. The summed E-state index contributed by atoms with van der Waals surface area (Å²) < 4.78 is 39.2. The molecule has 1 aliphatic heterocycles. The molecule has 162 valence electrons. The van der Waals surface area contributed by atoms with E-state index in [1.807, 2.05) is 20.8 Å². The lowest BCUT2D eigenvalue weighted by Crippen LogP contribution is -2.42. The summed E-state index contributed by atoms with van der Waals surface area (Å²) in [6.07, 6.45) is -0.382. The number of ether oxygens (including phenoxy) is 2. The molecule has 2 amide bonds. The van der Waals surface area contributed by atoms with Crippen LogP contribution in [0.2, 0.25) is 0 Å². The van der Waals surface area contributed by atoms with E-state index in [0.29, 0.717) is 11.4 Å². The summed E-state index contributed by atoms with van der Waals surface area (Å²) in [6, 6.07) is 2.65. The Morgan fingerprint density at radius 2 is 1.86 bits per heavy atom. The average Bonchev–Trinajstić information content (AvgIpc) is 2.64. The van der Waals surface area contributed by atoms with Gasteiger partial charge in [-0.25, -0.2) is 9.18 Å². The smallest absolute Gasteiger partial charge is 0.438 e. The molecule has 0 saturated carbocycles. The maximum Gasteiger partial charge on any atom is 0.438 e. The quantitative estimate of drug-likeness (QED) is 0.674. The van der Waals surface area contributed by atoms with Gasteiger partial charge < -0.3 is 9.47 Å². The number of rotatable bonds is 4. The van der Waals surface area contributed by atoms with E-state index in [1.165, 1.54) is 12.1 Å². The Bertz CT molecular complexity index is 773. The number of imide groups is 1. The van der Waals surface area contributed by atoms with Crippen molar-refractivity contribution in [3.05, 3.63) is 29.3 Å². The third-order valence-corrected chi connectivity index (χ3v) is 3.74. The Kier molecular flexibility index (Phi) is 8.73. The summed E-state index contributed by atoms with van der Waals surface area (Å²) >= 11 is 0. The minimum atomic E-state index is -1.13. The summed E-state index contributed by atoms with van der Waals surface area (Å²) in [6.45, 7) is 12.7. The lowest BCUT2D eigenvalue weighted by Gasteiger charge is -2.28. The maximum atomic E-state index is 14.6. The fourth-order valence-corrected chi connectivity index (χ4v) is 2.53. The SMILES string of the molecule is CC.CCCOc1ccc(C2=NN(C(=O)OC(C)(C)C)C(=O)CC2C)c(F)c1F. The van der Waals surface area contributed by atoms with Crippen LogP contribution in [0.5, 0.6) is 5.75 Å². The van der Waals surface area contributed by atoms with Crippen molar-refractivity contribution in [2.45, 2.75) is 66.9 Å². The lowest BCUT2D eigenvalue weighted by molar-refractivity contribution is -0.131. The van der Waals surface area contributed by atoms with Gasteiger partial charge in [-0.2, -0.15) is 9.49 Å². The van der Waals surface area contributed by atoms with Crippen molar-refractivity contribution in [2.24, 2.45) is 11.0 Å². The first kappa shape index (κ1) is 24.5. The average molecular weight is 412 g/mol. The highest BCUT2D eigenvalue weighted by Crippen LogP contribution is 2.28. The van der Waals surface area contributed by atoms with Gasteiger partial charge >= 0.3 is 6.09 Å². The molecule has 1 aliphatic rings. The Hall–Kier alpha value is -2.51. The zero-order valence-corrected chi connectivity index (χ0v) is 18.1. The number of hydrogen-bond acceptors (Lipinski definition) is 5. The van der Waals surface area contributed by atoms with Crippen LogP contribution >= 0.6 is 0 Å². The minimum Gasteiger partial charge on any atom is -0.490 e. The van der Waals surface area contributed by atoms with Gasteiger partial charge in [-0.3, -0.25) is 4.79 Å². The molecule has 0 aromatic heterocycles. The molecule has 0 N–H and O–H groups in total. The molecule has 6 nitrogen and oxygen atoms in total. The van der Waals surface area contributed by atoms with E-state index < -0.39 is 35.2 Å². The summed E-state index contributed by atoms with van der Waals surface area (Å²) in [5.41, 5.74) is -0.852. The third kappa shape index (κ3) is 6.24. The van der Waals surface area contributed by atoms with Crippen LogP contribution in [-0.4, -0.2) is 34.9 Å². The highest BCUT2D eigenvalue weighted by Gasteiger charge is 2.35. The van der Waals surface area contributed by atoms with E-state index in [2.05, 4.69) is 5.10 Å². The topological polar surface area (TPSA) is 68.2 Å². The molecule has 0 radical (unpaired) electrons. The first-order chi connectivity index (χ1) is 13.5. The molecule has 1 heterocycles. The normalized spacial score (nSPS) is 16.6. The van der Waals surface area contributed by atoms with Crippen LogP contribution in [0, 0.1) is 17.6 Å². The predicted molar refractivity (Wildman–Crippen MR) is 107 cm³/mol. The molecule has 8 heteroatoms. The molecule has 0 saturated heterocycles. The van der Waals surface area contributed by atoms with E-state index in [9.17, 15) is 18.4 Å². The zero-order valence-electron chi connectivity index (χ0n) is 18.1. The van der Waals surface area contributed by atoms with E-state index in [4.69, 9.17) is 9.47 Å². The number of hydrogen-bond donors (Lipinski definition) is 0. The number of benzene rings is 1. The number of amides is 2. The predicted octanol–water partition coefficient (Wildman–Crippen LogP) is 5.29. The van der Waals surface area contributed by atoms with Gasteiger partial charge in [0.1, 0.15) is 5.60 Å². The Morgan fingerprint density at radius 3 is 2.41 bits per heavy atom. The minimum absolute atomic E-state index is 0.0762. The molecule has 0 spiro atoms. The van der Waals surface area contributed by atoms with Crippen molar-refractivity contribution in [2.75, 3.05) is 6.61 Å². The number of carbonyl (C=O) groups excluding carboxylic acids is 2. The van der Waals surface area contributed by atoms with E-state index in [0.717, 1.165) is 0 Å². The molecule has 1 unspecified atom stereocenters. The molecule has 0 aliphatic carbocycles. The van der Waals surface area contributed by atoms with E-state index in [-0.39, 0.29) is 30.1 Å². The van der Waals surface area contributed by atoms with Crippen molar-refractivity contribution >= 4 is 17.7 Å². The second kappa shape index (κ2) is 10.3. The van der Waals surface area contributed by atoms with Gasteiger partial charge in [-0.05, 0) is 39.3 Å². The molecule has 1 atom stereocenters. The lowest BCUT2D eigenvalue weighted by atomic mass is 9.93. The third-order valence-electron chi connectivity index (χ3n) is 3.74. The van der Waals surface area contributed by atoms with Crippen molar-refractivity contribution in [1.82, 2.24) is 5.01 Å². The van der Waals surface area contributed by atoms with E-state index >= 15 is 0 Å². The number of hydrazone groups is 1. The van der Waals surface area contributed by atoms with Gasteiger partial charge in [-0.1, -0.05) is 27.7 Å². The first-order valence-corrected chi connectivity index (χ1v) is 9.80. The Morgan fingerprint density at radius 1 is 1.24 bits per heavy atom. The first-order valence-electron chi connectivity index (χ1n) is 9.80. The highest BCUT2D eigenvalue weighted by molar-refractivity contribution is 6.08. The Labute approximate surface area is 170 Å². The van der Waals surface area contributed by atoms with Crippen LogP contribution in [0.4, 0.5) is 13.6 Å². The number of carbonyl (C=O) groups is 2. The van der Waals surface area contributed by atoms with Gasteiger partial charge in [0.05, 0.1) is 12.3 Å². The fraction of sp³-hybridized carbons (Fsp3) is 0.571. The molecule has 0 fully saturated rings. The van der Waals surface area contributed by atoms with Crippen LogP contribution < -0.4 is 4.74 Å². The summed E-state index contributed by atoms with van der Waals surface area (Å²) in [5, 5.41) is 4.54. The second-order valence-electron chi connectivity index (χ2n) is 7.36. The molecule has 1 aromatic rings. The number of halogens is 2. The Balaban J connectivity index is 0.00000204.